The molecule has 450 valence electrons. The average Bonchev–Trinajstić information content (AvgIpc) is 1.65. The largest absolute Gasteiger partial charge is 0.507 e. The molecule has 6 heteroatoms. The molecule has 15 aromatic carbocycles. The summed E-state index contributed by atoms with van der Waals surface area (Å²) in [7, 11) is 0. The summed E-state index contributed by atoms with van der Waals surface area (Å²) < 4.78 is 17.9. The van der Waals surface area contributed by atoms with Crippen molar-refractivity contribution in [1.82, 2.24) is 9.13 Å². The maximum Gasteiger partial charge on any atom is 0.135 e. The van der Waals surface area contributed by atoms with Crippen molar-refractivity contribution in [2.45, 2.75) is 0 Å². The van der Waals surface area contributed by atoms with Crippen LogP contribution in [0.25, 0.3) is 188 Å². The zero-order chi connectivity index (χ0) is 63.5. The highest BCUT2D eigenvalue weighted by molar-refractivity contribution is 6.14. The molecule has 0 saturated heterocycles. The Bertz CT molecular complexity index is 5830. The minimum atomic E-state index is 0.267. The van der Waals surface area contributed by atoms with Crippen LogP contribution in [0.3, 0.4) is 0 Å². The molecule has 0 aliphatic rings. The monoisotopic (exact) mass is 1230 g/mol. The molecule has 0 aliphatic carbocycles. The summed E-state index contributed by atoms with van der Waals surface area (Å²) in [6.07, 6.45) is 0. The summed E-state index contributed by atoms with van der Waals surface area (Å²) in [6, 6.07) is 115. The highest BCUT2D eigenvalue weighted by atomic mass is 16.3. The third-order valence-electron chi connectivity index (χ3n) is 19.5. The van der Waals surface area contributed by atoms with Gasteiger partial charge in [-0.3, -0.25) is 0 Å². The fraction of sp³-hybridized carbons (Fsp3) is 0. The maximum atomic E-state index is 11.8. The topological polar surface area (TPSA) is 76.6 Å². The first kappa shape index (κ1) is 54.8. The van der Waals surface area contributed by atoms with Gasteiger partial charge in [0, 0.05) is 76.7 Å². The van der Waals surface area contributed by atoms with E-state index in [0.717, 1.165) is 188 Å². The highest BCUT2D eigenvalue weighted by Gasteiger charge is 2.22. The van der Waals surface area contributed by atoms with Crippen molar-refractivity contribution in [2.24, 2.45) is 0 Å². The Hall–Kier alpha value is -12.9. The Kier molecular flexibility index (Phi) is 12.5. The van der Waals surface area contributed by atoms with Crippen LogP contribution in [0.15, 0.2) is 336 Å². The Balaban J connectivity index is 0.664. The second kappa shape index (κ2) is 21.9. The zero-order valence-electron chi connectivity index (χ0n) is 51.8. The van der Waals surface area contributed by atoms with E-state index in [1.807, 2.05) is 72.8 Å². The molecule has 0 aliphatic heterocycles. The van der Waals surface area contributed by atoms with Crippen LogP contribution >= 0.6 is 0 Å². The number of hydrogen-bond donors (Lipinski definition) is 2. The van der Waals surface area contributed by atoms with Gasteiger partial charge in [-0.05, 0) is 194 Å². The lowest BCUT2D eigenvalue weighted by molar-refractivity contribution is 0.479. The number of hydrogen-bond acceptors (Lipinski definition) is 4. The van der Waals surface area contributed by atoms with Gasteiger partial charge in [0.2, 0.25) is 0 Å². The SMILES string of the molecule is Oc1c(-c2ccccc2)cc(-c2ccc3c(c2)c2ccccc2n3-c2ccc3oc4ccc(-c5cccc(-c6ccc7oc8ccc(-n9c%10ccccc%10c%10cc(-c%11cc(-c%12ccccc%12)c(O)c(-c%12ccccc%12)c%11)ccc%109)cc8c7c6)c5)cc4c3c2)cc1-c1ccccc1. The van der Waals surface area contributed by atoms with Gasteiger partial charge in [0.25, 0.3) is 0 Å². The lowest BCUT2D eigenvalue weighted by Gasteiger charge is -2.15. The number of phenolic OH excluding ortho intramolecular Hbond substituents is 2. The van der Waals surface area contributed by atoms with Crippen LogP contribution in [0, 0.1) is 0 Å². The van der Waals surface area contributed by atoms with E-state index < -0.39 is 0 Å². The first-order valence-electron chi connectivity index (χ1n) is 32.5. The summed E-state index contributed by atoms with van der Waals surface area (Å²) in [5.41, 5.74) is 25.4. The molecule has 0 bridgehead atoms. The fourth-order valence-electron chi connectivity index (χ4n) is 14.9. The van der Waals surface area contributed by atoms with Crippen LogP contribution in [-0.2, 0) is 0 Å². The molecule has 4 heterocycles. The molecule has 19 rings (SSSR count). The predicted octanol–water partition coefficient (Wildman–Crippen LogP) is 24.4. The minimum absolute atomic E-state index is 0.267. The molecule has 0 spiro atoms. The van der Waals surface area contributed by atoms with E-state index in [2.05, 4.69) is 264 Å². The van der Waals surface area contributed by atoms with E-state index in [4.69, 9.17) is 8.83 Å². The summed E-state index contributed by atoms with van der Waals surface area (Å²) in [6.45, 7) is 0. The summed E-state index contributed by atoms with van der Waals surface area (Å²) in [5.74, 6) is 0.534. The van der Waals surface area contributed by atoms with E-state index >= 15 is 0 Å². The lowest BCUT2D eigenvalue weighted by Crippen LogP contribution is -1.93. The predicted molar refractivity (Wildman–Crippen MR) is 396 cm³/mol. The third-order valence-corrected chi connectivity index (χ3v) is 19.5. The van der Waals surface area contributed by atoms with Crippen LogP contribution in [0.1, 0.15) is 0 Å². The van der Waals surface area contributed by atoms with Crippen LogP contribution < -0.4 is 0 Å². The quantitative estimate of drug-likeness (QED) is 0.143. The van der Waals surface area contributed by atoms with E-state index in [1.165, 1.54) is 0 Å². The Labute approximate surface area is 551 Å². The number of rotatable bonds is 10. The van der Waals surface area contributed by atoms with Crippen molar-refractivity contribution in [3.05, 3.63) is 328 Å². The minimum Gasteiger partial charge on any atom is -0.507 e. The number of para-hydroxylation sites is 2. The maximum absolute atomic E-state index is 11.8. The van der Waals surface area contributed by atoms with Crippen molar-refractivity contribution in [3.63, 3.8) is 0 Å². The Morgan fingerprint density at radius 2 is 0.469 bits per heavy atom. The number of nitrogens with zero attached hydrogens (tertiary/aromatic N) is 2. The van der Waals surface area contributed by atoms with Crippen LogP contribution in [0.5, 0.6) is 11.5 Å². The fourth-order valence-corrected chi connectivity index (χ4v) is 14.9. The Morgan fingerprint density at radius 3 is 0.854 bits per heavy atom. The van der Waals surface area contributed by atoms with Gasteiger partial charge in [0.1, 0.15) is 33.8 Å². The normalized spacial score (nSPS) is 11.8. The zero-order valence-corrected chi connectivity index (χ0v) is 51.8. The van der Waals surface area contributed by atoms with Crippen LogP contribution in [-0.4, -0.2) is 19.3 Å². The van der Waals surface area contributed by atoms with Crippen molar-refractivity contribution in [3.8, 4) is 112 Å². The van der Waals surface area contributed by atoms with Crippen molar-refractivity contribution < 1.29 is 19.0 Å². The number of aromatic nitrogens is 2. The molecule has 2 N–H and O–H groups in total. The van der Waals surface area contributed by atoms with Crippen LogP contribution in [0.2, 0.25) is 0 Å². The van der Waals surface area contributed by atoms with Gasteiger partial charge in [-0.2, -0.15) is 0 Å². The molecule has 0 unspecified atom stereocenters. The van der Waals surface area contributed by atoms with Gasteiger partial charge in [0.15, 0.2) is 0 Å². The Morgan fingerprint density at radius 1 is 0.188 bits per heavy atom. The van der Waals surface area contributed by atoms with E-state index in [-0.39, 0.29) is 11.5 Å². The first-order chi connectivity index (χ1) is 47.4. The second-order valence-corrected chi connectivity index (χ2v) is 25.0. The van der Waals surface area contributed by atoms with Gasteiger partial charge >= 0.3 is 0 Å². The van der Waals surface area contributed by atoms with Crippen molar-refractivity contribution in [2.75, 3.05) is 0 Å². The van der Waals surface area contributed by atoms with Crippen molar-refractivity contribution in [1.29, 1.82) is 0 Å². The molecule has 0 amide bonds. The summed E-state index contributed by atoms with van der Waals surface area (Å²) in [5, 5.41) is 32.4. The number of aromatic hydroxyl groups is 2. The van der Waals surface area contributed by atoms with E-state index in [0.29, 0.717) is 0 Å². The molecule has 0 atom stereocenters. The van der Waals surface area contributed by atoms with E-state index in [9.17, 15) is 10.2 Å². The van der Waals surface area contributed by atoms with E-state index in [1.54, 1.807) is 0 Å². The molecular formula is C90H56N2O4. The molecule has 96 heavy (non-hydrogen) atoms. The van der Waals surface area contributed by atoms with Crippen LogP contribution in [0.4, 0.5) is 0 Å². The highest BCUT2D eigenvalue weighted by Crippen LogP contribution is 2.47. The standard InChI is InChI=1S/C90H56N2O4/c93-89-71(55-18-5-1-6-19-55)49-65(50-72(89)56-20-7-2-8-21-56)63-32-38-83-75(45-63)69-28-13-15-30-81(69)91(83)67-36-42-87-79(53-67)77-47-61(34-40-85(77)95-87)59-26-17-27-60(44-59)62-35-41-86-78(48-62)80-54-68(37-43-88(80)96-86)92-82-31-16-14-29-70(82)76-46-64(33-39-84(76)92)66-51-73(57-22-9-3-10-23-57)90(94)74(52-66)58-24-11-4-12-25-58/h1-54,93-94H. The molecule has 6 nitrogen and oxygen atoms in total. The first-order valence-corrected chi connectivity index (χ1v) is 32.5. The molecular weight excluding hydrogens is 1170 g/mol. The van der Waals surface area contributed by atoms with Gasteiger partial charge in [-0.25, -0.2) is 0 Å². The number of furan rings is 2. The average molecular weight is 1230 g/mol. The molecule has 4 aromatic heterocycles. The summed E-state index contributed by atoms with van der Waals surface area (Å²) >= 11 is 0. The molecule has 0 radical (unpaired) electrons. The van der Waals surface area contributed by atoms with Gasteiger partial charge in [0.05, 0.1) is 22.1 Å². The van der Waals surface area contributed by atoms with Gasteiger partial charge < -0.3 is 28.2 Å². The lowest BCUT2D eigenvalue weighted by atomic mass is 9.91. The molecule has 0 fully saturated rings. The third kappa shape index (κ3) is 8.95. The number of benzene rings is 15. The molecule has 0 saturated carbocycles. The molecule has 19 aromatic rings. The van der Waals surface area contributed by atoms with Gasteiger partial charge in [-0.1, -0.05) is 200 Å². The second-order valence-electron chi connectivity index (χ2n) is 25.0. The van der Waals surface area contributed by atoms with Gasteiger partial charge in [-0.15, -0.1) is 0 Å². The summed E-state index contributed by atoms with van der Waals surface area (Å²) in [4.78, 5) is 0. The number of fused-ring (bicyclic) bond motifs is 12. The van der Waals surface area contributed by atoms with Crippen molar-refractivity contribution >= 4 is 87.5 Å². The smallest absolute Gasteiger partial charge is 0.135 e. The number of phenols is 2.